The molecule has 2 N–H and O–H groups in total. The first kappa shape index (κ1) is 10.3. The van der Waals surface area contributed by atoms with Crippen molar-refractivity contribution < 1.29 is 4.52 Å². The molecule has 0 unspecified atom stereocenters. The normalized spacial score (nSPS) is 13.0. The number of rotatable bonds is 3. The lowest BCUT2D eigenvalue weighted by atomic mass is 10.2. The van der Waals surface area contributed by atoms with Crippen molar-refractivity contribution in [2.45, 2.75) is 19.8 Å². The molecular weight excluding hydrogens is 184 g/mol. The van der Waals surface area contributed by atoms with Crippen LogP contribution in [-0.4, -0.2) is 23.0 Å². The van der Waals surface area contributed by atoms with Crippen LogP contribution in [0.4, 0.5) is 0 Å². The van der Waals surface area contributed by atoms with Crippen LogP contribution in [-0.2, 0) is 0 Å². The fourth-order valence-corrected chi connectivity index (χ4v) is 0.709. The zero-order valence-corrected chi connectivity index (χ0v) is 8.30. The first-order chi connectivity index (χ1) is 6.65. The van der Waals surface area contributed by atoms with Crippen LogP contribution in [0.2, 0.25) is 0 Å². The van der Waals surface area contributed by atoms with E-state index in [2.05, 4.69) is 25.6 Å². The number of hydrogen-bond acceptors (Lipinski definition) is 5. The van der Waals surface area contributed by atoms with Gasteiger partial charge in [-0.05, 0) is 5.22 Å². The molecule has 1 rings (SSSR count). The van der Waals surface area contributed by atoms with Crippen LogP contribution in [0.15, 0.2) is 20.0 Å². The Hall–Kier alpha value is -1.79. The highest BCUT2D eigenvalue weighted by Crippen LogP contribution is 2.09. The van der Waals surface area contributed by atoms with Crippen molar-refractivity contribution >= 4 is 5.84 Å². The number of nitrogens with zero attached hydrogens (tertiary/aromatic N) is 5. The third-order valence-electron chi connectivity index (χ3n) is 1.42. The predicted octanol–water partition coefficient (Wildman–Crippen LogP) is 0.895. The third-order valence-corrected chi connectivity index (χ3v) is 1.42. The molecule has 0 aliphatic carbocycles. The Labute approximate surface area is 81.1 Å². The Bertz CT molecular complexity index is 353. The van der Waals surface area contributed by atoms with Crippen LogP contribution < -0.4 is 5.73 Å². The highest BCUT2D eigenvalue weighted by molar-refractivity contribution is 5.92. The summed E-state index contributed by atoms with van der Waals surface area (Å²) in [7, 11) is 1.49. The minimum atomic E-state index is 0.0648. The van der Waals surface area contributed by atoms with E-state index < -0.39 is 0 Å². The van der Waals surface area contributed by atoms with E-state index in [9.17, 15) is 0 Å². The van der Waals surface area contributed by atoms with Gasteiger partial charge in [-0.1, -0.05) is 19.0 Å². The van der Waals surface area contributed by atoms with Crippen molar-refractivity contribution in [2.24, 2.45) is 21.2 Å². The Morgan fingerprint density at radius 2 is 2.21 bits per heavy atom. The second-order valence-corrected chi connectivity index (χ2v) is 2.89. The molecule has 7 nitrogen and oxygen atoms in total. The largest absolute Gasteiger partial charge is 0.378 e. The number of hydrogen-bond donors (Lipinski definition) is 1. The molecule has 0 spiro atoms. The molecule has 1 aromatic heterocycles. The zero-order chi connectivity index (χ0) is 10.6. The molecule has 76 valence electrons. The van der Waals surface area contributed by atoms with Gasteiger partial charge in [0, 0.05) is 5.92 Å². The minimum Gasteiger partial charge on any atom is -0.378 e. The lowest BCUT2D eigenvalue weighted by Gasteiger charge is -1.91. The average molecular weight is 196 g/mol. The van der Waals surface area contributed by atoms with Gasteiger partial charge in [0.25, 0.3) is 5.89 Å². The van der Waals surface area contributed by atoms with E-state index in [1.807, 2.05) is 13.8 Å². The SMILES string of the molecule is CN=N/N=C(\N)c1nc(C(C)C)no1. The van der Waals surface area contributed by atoms with E-state index in [0.717, 1.165) is 0 Å². The lowest BCUT2D eigenvalue weighted by molar-refractivity contribution is 0.400. The van der Waals surface area contributed by atoms with E-state index in [4.69, 9.17) is 10.3 Å². The monoisotopic (exact) mass is 196 g/mol. The maximum atomic E-state index is 5.49. The molecule has 0 saturated heterocycles. The predicted molar refractivity (Wildman–Crippen MR) is 49.9 cm³/mol. The Morgan fingerprint density at radius 3 is 2.71 bits per heavy atom. The molecule has 0 fully saturated rings. The van der Waals surface area contributed by atoms with Crippen molar-refractivity contribution in [1.82, 2.24) is 10.1 Å². The second-order valence-electron chi connectivity index (χ2n) is 2.89. The van der Waals surface area contributed by atoms with Gasteiger partial charge in [-0.15, -0.1) is 5.10 Å². The number of aromatic nitrogens is 2. The summed E-state index contributed by atoms with van der Waals surface area (Å²) in [4.78, 5) is 4.03. The van der Waals surface area contributed by atoms with Crippen LogP contribution >= 0.6 is 0 Å². The van der Waals surface area contributed by atoms with Crippen molar-refractivity contribution in [3.8, 4) is 0 Å². The van der Waals surface area contributed by atoms with E-state index >= 15 is 0 Å². The van der Waals surface area contributed by atoms with Crippen molar-refractivity contribution in [1.29, 1.82) is 0 Å². The molecule has 0 atom stereocenters. The summed E-state index contributed by atoms with van der Waals surface area (Å²) in [6, 6.07) is 0. The van der Waals surface area contributed by atoms with E-state index in [0.29, 0.717) is 5.82 Å². The molecule has 0 saturated carbocycles. The lowest BCUT2D eigenvalue weighted by Crippen LogP contribution is -2.13. The summed E-state index contributed by atoms with van der Waals surface area (Å²) in [5.41, 5.74) is 5.49. The van der Waals surface area contributed by atoms with Crippen LogP contribution in [0.5, 0.6) is 0 Å². The quantitative estimate of drug-likeness (QED) is 0.335. The third kappa shape index (κ3) is 2.35. The van der Waals surface area contributed by atoms with Gasteiger partial charge in [0.2, 0.25) is 5.84 Å². The Kier molecular flexibility index (Phi) is 3.27. The molecule has 0 aliphatic heterocycles. The minimum absolute atomic E-state index is 0.0648. The van der Waals surface area contributed by atoms with Crippen LogP contribution in [0.25, 0.3) is 0 Å². The van der Waals surface area contributed by atoms with E-state index in [1.54, 1.807) is 0 Å². The maximum absolute atomic E-state index is 5.49. The average Bonchev–Trinajstić information content (AvgIpc) is 2.62. The molecule has 1 heterocycles. The topological polar surface area (TPSA) is 102 Å². The summed E-state index contributed by atoms with van der Waals surface area (Å²) in [6.45, 7) is 3.90. The number of nitrogens with two attached hydrogens (primary N) is 1. The summed E-state index contributed by atoms with van der Waals surface area (Å²) >= 11 is 0. The molecule has 1 aromatic rings. The van der Waals surface area contributed by atoms with Crippen LogP contribution in [0.1, 0.15) is 31.5 Å². The van der Waals surface area contributed by atoms with Gasteiger partial charge >= 0.3 is 0 Å². The fraction of sp³-hybridized carbons (Fsp3) is 0.571. The summed E-state index contributed by atoms with van der Waals surface area (Å²) in [5, 5.41) is 14.0. The Balaban J connectivity index is 2.86. The van der Waals surface area contributed by atoms with Gasteiger partial charge in [0.15, 0.2) is 5.82 Å². The van der Waals surface area contributed by atoms with E-state index in [1.165, 1.54) is 7.05 Å². The molecule has 7 heteroatoms. The maximum Gasteiger partial charge on any atom is 0.295 e. The van der Waals surface area contributed by atoms with Crippen molar-refractivity contribution in [2.75, 3.05) is 7.05 Å². The van der Waals surface area contributed by atoms with Crippen LogP contribution in [0.3, 0.4) is 0 Å². The standard InChI is InChI=1S/C7H12N6O/c1-4(2)6-10-7(14-12-6)5(8)11-13-9-3/h4H,1-3H3,(H2,8,9,11). The highest BCUT2D eigenvalue weighted by Gasteiger charge is 2.12. The number of amidine groups is 1. The molecule has 0 aliphatic rings. The zero-order valence-electron chi connectivity index (χ0n) is 8.30. The van der Waals surface area contributed by atoms with E-state index in [-0.39, 0.29) is 17.6 Å². The van der Waals surface area contributed by atoms with Gasteiger partial charge in [0.05, 0.1) is 7.05 Å². The van der Waals surface area contributed by atoms with Gasteiger partial charge in [-0.3, -0.25) is 0 Å². The molecule has 0 radical (unpaired) electrons. The smallest absolute Gasteiger partial charge is 0.295 e. The van der Waals surface area contributed by atoms with Gasteiger partial charge in [-0.25, -0.2) is 0 Å². The molecule has 14 heavy (non-hydrogen) atoms. The first-order valence-corrected chi connectivity index (χ1v) is 4.11. The molecule has 0 amide bonds. The highest BCUT2D eigenvalue weighted by atomic mass is 16.5. The van der Waals surface area contributed by atoms with Gasteiger partial charge in [0.1, 0.15) is 0 Å². The van der Waals surface area contributed by atoms with Gasteiger partial charge in [-0.2, -0.15) is 10.1 Å². The van der Waals surface area contributed by atoms with Crippen molar-refractivity contribution in [3.05, 3.63) is 11.7 Å². The summed E-state index contributed by atoms with van der Waals surface area (Å²) in [6.07, 6.45) is 0. The first-order valence-electron chi connectivity index (χ1n) is 4.11. The van der Waals surface area contributed by atoms with Crippen molar-refractivity contribution in [3.63, 3.8) is 0 Å². The molecule has 0 bridgehead atoms. The van der Waals surface area contributed by atoms with Gasteiger partial charge < -0.3 is 10.3 Å². The fourth-order valence-electron chi connectivity index (χ4n) is 0.709. The van der Waals surface area contributed by atoms with Crippen LogP contribution in [0, 0.1) is 0 Å². The summed E-state index contributed by atoms with van der Waals surface area (Å²) in [5.74, 6) is 1.01. The molecular formula is C7H12N6O. The summed E-state index contributed by atoms with van der Waals surface area (Å²) < 4.78 is 4.87. The molecule has 0 aromatic carbocycles. The Morgan fingerprint density at radius 1 is 1.50 bits per heavy atom. The second kappa shape index (κ2) is 4.45.